The molecular weight excluding hydrogens is 206 g/mol. The molecule has 0 radical (unpaired) electrons. The second-order valence-electron chi connectivity index (χ2n) is 3.55. The molecule has 5 heteroatoms. The molecule has 0 aromatic heterocycles. The molecule has 0 spiro atoms. The maximum atomic E-state index is 10.7. The molecule has 1 aromatic rings. The van der Waals surface area contributed by atoms with Crippen molar-refractivity contribution in [2.24, 2.45) is 0 Å². The zero-order valence-electron chi connectivity index (χ0n) is 9.23. The lowest BCUT2D eigenvalue weighted by atomic mass is 10.1. The molecule has 1 unspecified atom stereocenters. The normalized spacial score (nSPS) is 11.6. The Balaban J connectivity index is 3.04. The Labute approximate surface area is 93.9 Å². The lowest BCUT2D eigenvalue weighted by Crippen LogP contribution is -2.13. The standard InChI is InChI=1S/C11H13N3O2/c1-3-8(2)13-10-5-4-9(7-12)11(6-10)14(15)16/h4-6,8,13H,3H2,1-2H3. The van der Waals surface area contributed by atoms with Gasteiger partial charge in [-0.25, -0.2) is 0 Å². The van der Waals surface area contributed by atoms with Crippen LogP contribution in [0.4, 0.5) is 11.4 Å². The van der Waals surface area contributed by atoms with Crippen molar-refractivity contribution in [2.75, 3.05) is 5.32 Å². The molecule has 1 rings (SSSR count). The fraction of sp³-hybridized carbons (Fsp3) is 0.364. The van der Waals surface area contributed by atoms with Crippen LogP contribution in [-0.2, 0) is 0 Å². The van der Waals surface area contributed by atoms with Crippen LogP contribution in [0.2, 0.25) is 0 Å². The molecule has 5 nitrogen and oxygen atoms in total. The van der Waals surface area contributed by atoms with E-state index in [2.05, 4.69) is 5.32 Å². The first-order valence-corrected chi connectivity index (χ1v) is 5.03. The SMILES string of the molecule is CCC(C)Nc1ccc(C#N)c([N+](=O)[O-])c1. The van der Waals surface area contributed by atoms with E-state index in [1.807, 2.05) is 13.8 Å². The number of nitro benzene ring substituents is 1. The van der Waals surface area contributed by atoms with Gasteiger partial charge in [0, 0.05) is 17.8 Å². The summed E-state index contributed by atoms with van der Waals surface area (Å²) < 4.78 is 0. The largest absolute Gasteiger partial charge is 0.382 e. The Bertz CT molecular complexity index is 437. The van der Waals surface area contributed by atoms with E-state index < -0.39 is 4.92 Å². The van der Waals surface area contributed by atoms with Crippen LogP contribution >= 0.6 is 0 Å². The molecule has 1 atom stereocenters. The summed E-state index contributed by atoms with van der Waals surface area (Å²) in [6, 6.07) is 6.58. The average Bonchev–Trinajstić information content (AvgIpc) is 2.28. The molecule has 0 aliphatic carbocycles. The van der Waals surface area contributed by atoms with Gasteiger partial charge in [0.2, 0.25) is 0 Å². The summed E-state index contributed by atoms with van der Waals surface area (Å²) in [5.74, 6) is 0. The average molecular weight is 219 g/mol. The van der Waals surface area contributed by atoms with Crippen LogP contribution in [0.1, 0.15) is 25.8 Å². The van der Waals surface area contributed by atoms with E-state index in [1.165, 1.54) is 12.1 Å². The summed E-state index contributed by atoms with van der Waals surface area (Å²) in [6.07, 6.45) is 0.924. The highest BCUT2D eigenvalue weighted by Gasteiger charge is 2.14. The van der Waals surface area contributed by atoms with Gasteiger partial charge in [-0.05, 0) is 25.5 Å². The Morgan fingerprint density at radius 1 is 1.62 bits per heavy atom. The van der Waals surface area contributed by atoms with Crippen LogP contribution in [0.15, 0.2) is 18.2 Å². The maximum Gasteiger partial charge on any atom is 0.289 e. The van der Waals surface area contributed by atoms with Gasteiger partial charge in [-0.1, -0.05) is 6.92 Å². The molecule has 0 saturated heterocycles. The van der Waals surface area contributed by atoms with Gasteiger partial charge in [0.05, 0.1) is 4.92 Å². The number of nitriles is 1. The van der Waals surface area contributed by atoms with Crippen LogP contribution in [0.3, 0.4) is 0 Å². The molecule has 0 aliphatic rings. The van der Waals surface area contributed by atoms with Crippen molar-refractivity contribution in [1.29, 1.82) is 5.26 Å². The molecule has 0 heterocycles. The van der Waals surface area contributed by atoms with E-state index in [-0.39, 0.29) is 17.3 Å². The predicted octanol–water partition coefficient (Wildman–Crippen LogP) is 2.68. The van der Waals surface area contributed by atoms with E-state index in [9.17, 15) is 10.1 Å². The number of nitrogens with zero attached hydrogens (tertiary/aromatic N) is 2. The van der Waals surface area contributed by atoms with Gasteiger partial charge in [-0.15, -0.1) is 0 Å². The second-order valence-corrected chi connectivity index (χ2v) is 3.55. The number of rotatable bonds is 4. The first kappa shape index (κ1) is 12.0. The Morgan fingerprint density at radius 2 is 2.31 bits per heavy atom. The third kappa shape index (κ3) is 2.70. The van der Waals surface area contributed by atoms with Crippen molar-refractivity contribution in [3.63, 3.8) is 0 Å². The smallest absolute Gasteiger partial charge is 0.289 e. The van der Waals surface area contributed by atoms with Gasteiger partial charge in [-0.2, -0.15) is 5.26 Å². The van der Waals surface area contributed by atoms with E-state index >= 15 is 0 Å². The predicted molar refractivity (Wildman–Crippen MR) is 61.2 cm³/mol. The number of anilines is 1. The number of nitrogens with one attached hydrogen (secondary N) is 1. The van der Waals surface area contributed by atoms with Crippen molar-refractivity contribution in [2.45, 2.75) is 26.3 Å². The van der Waals surface area contributed by atoms with Crippen molar-refractivity contribution >= 4 is 11.4 Å². The lowest BCUT2D eigenvalue weighted by Gasteiger charge is -2.12. The summed E-state index contributed by atoms with van der Waals surface area (Å²) in [7, 11) is 0. The zero-order valence-corrected chi connectivity index (χ0v) is 9.23. The zero-order chi connectivity index (χ0) is 12.1. The van der Waals surface area contributed by atoms with Gasteiger partial charge in [0.25, 0.3) is 5.69 Å². The molecule has 0 amide bonds. The molecule has 1 N–H and O–H groups in total. The second kappa shape index (κ2) is 5.12. The van der Waals surface area contributed by atoms with Crippen LogP contribution in [0.5, 0.6) is 0 Å². The van der Waals surface area contributed by atoms with Gasteiger partial charge in [-0.3, -0.25) is 10.1 Å². The van der Waals surface area contributed by atoms with Crippen molar-refractivity contribution in [3.05, 3.63) is 33.9 Å². The number of benzene rings is 1. The number of nitro groups is 1. The van der Waals surface area contributed by atoms with E-state index in [0.717, 1.165) is 6.42 Å². The monoisotopic (exact) mass is 219 g/mol. The van der Waals surface area contributed by atoms with Gasteiger partial charge < -0.3 is 5.32 Å². The van der Waals surface area contributed by atoms with Crippen LogP contribution in [-0.4, -0.2) is 11.0 Å². The number of hydrogen-bond donors (Lipinski definition) is 1. The first-order valence-electron chi connectivity index (χ1n) is 5.03. The number of hydrogen-bond acceptors (Lipinski definition) is 4. The van der Waals surface area contributed by atoms with E-state index in [0.29, 0.717) is 5.69 Å². The van der Waals surface area contributed by atoms with E-state index in [1.54, 1.807) is 12.1 Å². The lowest BCUT2D eigenvalue weighted by molar-refractivity contribution is -0.385. The van der Waals surface area contributed by atoms with Crippen LogP contribution in [0, 0.1) is 21.4 Å². The fourth-order valence-electron chi connectivity index (χ4n) is 1.25. The third-order valence-corrected chi connectivity index (χ3v) is 2.34. The Morgan fingerprint density at radius 3 is 2.81 bits per heavy atom. The highest BCUT2D eigenvalue weighted by molar-refractivity contribution is 5.59. The molecule has 0 fully saturated rings. The summed E-state index contributed by atoms with van der Waals surface area (Å²) in [5.41, 5.74) is 0.593. The molecule has 84 valence electrons. The third-order valence-electron chi connectivity index (χ3n) is 2.34. The van der Waals surface area contributed by atoms with Gasteiger partial charge in [0.15, 0.2) is 0 Å². The van der Waals surface area contributed by atoms with E-state index in [4.69, 9.17) is 5.26 Å². The quantitative estimate of drug-likeness (QED) is 0.623. The Hall–Kier alpha value is -2.09. The van der Waals surface area contributed by atoms with Crippen molar-refractivity contribution < 1.29 is 4.92 Å². The van der Waals surface area contributed by atoms with Crippen molar-refractivity contribution in [3.8, 4) is 6.07 Å². The highest BCUT2D eigenvalue weighted by Crippen LogP contribution is 2.23. The first-order chi connectivity index (χ1) is 7.58. The Kier molecular flexibility index (Phi) is 3.84. The highest BCUT2D eigenvalue weighted by atomic mass is 16.6. The molecule has 0 saturated carbocycles. The molecule has 16 heavy (non-hydrogen) atoms. The minimum Gasteiger partial charge on any atom is -0.382 e. The van der Waals surface area contributed by atoms with Gasteiger partial charge >= 0.3 is 0 Å². The minimum absolute atomic E-state index is 0.0831. The molecule has 0 bridgehead atoms. The topological polar surface area (TPSA) is 79.0 Å². The van der Waals surface area contributed by atoms with Crippen molar-refractivity contribution in [1.82, 2.24) is 0 Å². The molecule has 0 aliphatic heterocycles. The maximum absolute atomic E-state index is 10.7. The summed E-state index contributed by atoms with van der Waals surface area (Å²) in [4.78, 5) is 10.2. The fourth-order valence-corrected chi connectivity index (χ4v) is 1.25. The van der Waals surface area contributed by atoms with Crippen LogP contribution < -0.4 is 5.32 Å². The summed E-state index contributed by atoms with van der Waals surface area (Å²) >= 11 is 0. The van der Waals surface area contributed by atoms with Crippen LogP contribution in [0.25, 0.3) is 0 Å². The van der Waals surface area contributed by atoms with Gasteiger partial charge in [0.1, 0.15) is 11.6 Å². The summed E-state index contributed by atoms with van der Waals surface area (Å²) in [6.45, 7) is 4.01. The molecule has 1 aromatic carbocycles. The summed E-state index contributed by atoms with van der Waals surface area (Å²) in [5, 5.41) is 22.6. The minimum atomic E-state index is -0.541. The molecular formula is C11H13N3O2.